The van der Waals surface area contributed by atoms with Crippen LogP contribution in [0, 0.1) is 0 Å². The number of nitrogens with one attached hydrogen (secondary N) is 3. The molecule has 5 aromatic rings. The summed E-state index contributed by atoms with van der Waals surface area (Å²) in [6.45, 7) is 0.460. The number of anilines is 1. The van der Waals surface area contributed by atoms with Gasteiger partial charge in [0.15, 0.2) is 0 Å². The molecule has 0 saturated heterocycles. The second-order valence-electron chi connectivity index (χ2n) is 8.46. The zero-order valence-corrected chi connectivity index (χ0v) is 20.0. The molecule has 0 spiro atoms. The van der Waals surface area contributed by atoms with Crippen molar-refractivity contribution in [2.75, 3.05) is 5.32 Å². The van der Waals surface area contributed by atoms with Gasteiger partial charge in [0.05, 0.1) is 0 Å². The molecule has 0 aliphatic rings. The largest absolute Gasteiger partial charge is 0.489 e. The van der Waals surface area contributed by atoms with E-state index in [-0.39, 0.29) is 11.6 Å². The minimum atomic E-state index is -0.431. The van der Waals surface area contributed by atoms with Crippen LogP contribution < -0.4 is 15.4 Å². The number of rotatable bonds is 8. The first-order valence-electron chi connectivity index (χ1n) is 11.9. The van der Waals surface area contributed by atoms with E-state index in [0.717, 1.165) is 22.0 Å². The summed E-state index contributed by atoms with van der Waals surface area (Å²) in [4.78, 5) is 29.2. The van der Waals surface area contributed by atoms with Gasteiger partial charge in [0.25, 0.3) is 11.8 Å². The zero-order chi connectivity index (χ0) is 25.5. The number of aromatic nitrogens is 1. The number of fused-ring (bicyclic) bond motifs is 1. The van der Waals surface area contributed by atoms with Gasteiger partial charge in [-0.05, 0) is 65.1 Å². The first-order chi connectivity index (χ1) is 18.1. The number of benzene rings is 4. The fraction of sp³-hybridized carbons (Fsp3) is 0.0323. The van der Waals surface area contributed by atoms with Crippen molar-refractivity contribution in [3.8, 4) is 5.75 Å². The van der Waals surface area contributed by atoms with Gasteiger partial charge in [-0.2, -0.15) is 0 Å². The SMILES string of the molecule is O=C(Nc1ccc2cc[nH]c2c1)/C(=C\c1ccc(OCc2ccccc2)cc1)NC(=O)c1ccccc1. The Hall–Kier alpha value is -5.10. The van der Waals surface area contributed by atoms with E-state index in [9.17, 15) is 9.59 Å². The highest BCUT2D eigenvalue weighted by Crippen LogP contribution is 2.20. The molecule has 5 rings (SSSR count). The van der Waals surface area contributed by atoms with Crippen LogP contribution in [-0.4, -0.2) is 16.8 Å². The van der Waals surface area contributed by atoms with Gasteiger partial charge >= 0.3 is 0 Å². The molecule has 182 valence electrons. The molecule has 0 fully saturated rings. The summed E-state index contributed by atoms with van der Waals surface area (Å²) in [5.41, 5.74) is 3.92. The van der Waals surface area contributed by atoms with Crippen molar-refractivity contribution in [1.29, 1.82) is 0 Å². The Morgan fingerprint density at radius 1 is 0.811 bits per heavy atom. The molecule has 37 heavy (non-hydrogen) atoms. The lowest BCUT2D eigenvalue weighted by Gasteiger charge is -2.12. The van der Waals surface area contributed by atoms with Crippen LogP contribution in [-0.2, 0) is 11.4 Å². The summed E-state index contributed by atoms with van der Waals surface area (Å²) in [6, 6.07) is 33.6. The maximum absolute atomic E-state index is 13.3. The van der Waals surface area contributed by atoms with Crippen molar-refractivity contribution < 1.29 is 14.3 Å². The fourth-order valence-electron chi connectivity index (χ4n) is 3.83. The van der Waals surface area contributed by atoms with E-state index in [1.54, 1.807) is 30.3 Å². The molecule has 0 radical (unpaired) electrons. The Morgan fingerprint density at radius 2 is 1.54 bits per heavy atom. The molecule has 2 amide bonds. The minimum Gasteiger partial charge on any atom is -0.489 e. The van der Waals surface area contributed by atoms with Crippen LogP contribution in [0.3, 0.4) is 0 Å². The lowest BCUT2D eigenvalue weighted by atomic mass is 10.1. The van der Waals surface area contributed by atoms with Gasteiger partial charge in [-0.1, -0.05) is 66.7 Å². The Kier molecular flexibility index (Phi) is 7.09. The molecular formula is C31H25N3O3. The van der Waals surface area contributed by atoms with E-state index in [1.807, 2.05) is 91.1 Å². The summed E-state index contributed by atoms with van der Waals surface area (Å²) in [5.74, 6) is -0.0937. The summed E-state index contributed by atoms with van der Waals surface area (Å²) >= 11 is 0. The molecular weight excluding hydrogens is 462 g/mol. The average Bonchev–Trinajstić information content (AvgIpc) is 3.41. The second-order valence-corrected chi connectivity index (χ2v) is 8.46. The van der Waals surface area contributed by atoms with E-state index in [1.165, 1.54) is 0 Å². The number of carbonyl (C=O) groups excluding carboxylic acids is 2. The lowest BCUT2D eigenvalue weighted by Crippen LogP contribution is -2.30. The third-order valence-corrected chi connectivity index (χ3v) is 5.78. The van der Waals surface area contributed by atoms with Gasteiger partial charge < -0.3 is 20.4 Å². The van der Waals surface area contributed by atoms with Crippen molar-refractivity contribution in [3.05, 3.63) is 138 Å². The number of ether oxygens (including phenoxy) is 1. The van der Waals surface area contributed by atoms with E-state index in [0.29, 0.717) is 23.6 Å². The average molecular weight is 488 g/mol. The van der Waals surface area contributed by atoms with Crippen LogP contribution >= 0.6 is 0 Å². The molecule has 0 bridgehead atoms. The predicted molar refractivity (Wildman–Crippen MR) is 146 cm³/mol. The Bertz CT molecular complexity index is 1540. The second kappa shape index (κ2) is 11.1. The number of aromatic amines is 1. The van der Waals surface area contributed by atoms with Gasteiger partial charge in [0.2, 0.25) is 0 Å². The summed E-state index contributed by atoms with van der Waals surface area (Å²) in [7, 11) is 0. The van der Waals surface area contributed by atoms with Gasteiger partial charge in [-0.3, -0.25) is 9.59 Å². The number of carbonyl (C=O) groups is 2. The predicted octanol–water partition coefficient (Wildman–Crippen LogP) is 6.16. The van der Waals surface area contributed by atoms with Gasteiger partial charge in [-0.25, -0.2) is 0 Å². The summed E-state index contributed by atoms with van der Waals surface area (Å²) < 4.78 is 5.86. The molecule has 6 nitrogen and oxygen atoms in total. The van der Waals surface area contributed by atoms with Crippen LogP contribution in [0.25, 0.3) is 17.0 Å². The Morgan fingerprint density at radius 3 is 2.30 bits per heavy atom. The van der Waals surface area contributed by atoms with E-state index < -0.39 is 5.91 Å². The van der Waals surface area contributed by atoms with Crippen molar-refractivity contribution in [2.24, 2.45) is 0 Å². The van der Waals surface area contributed by atoms with E-state index in [4.69, 9.17) is 4.74 Å². The van der Waals surface area contributed by atoms with Crippen molar-refractivity contribution in [1.82, 2.24) is 10.3 Å². The minimum absolute atomic E-state index is 0.124. The number of hydrogen-bond acceptors (Lipinski definition) is 3. The van der Waals surface area contributed by atoms with Crippen LogP contribution in [0.2, 0.25) is 0 Å². The van der Waals surface area contributed by atoms with Gasteiger partial charge in [0, 0.05) is 23.0 Å². The Balaban J connectivity index is 1.35. The van der Waals surface area contributed by atoms with Crippen LogP contribution in [0.1, 0.15) is 21.5 Å². The van der Waals surface area contributed by atoms with Gasteiger partial charge in [-0.15, -0.1) is 0 Å². The van der Waals surface area contributed by atoms with E-state index in [2.05, 4.69) is 15.6 Å². The molecule has 6 heteroatoms. The monoisotopic (exact) mass is 487 g/mol. The normalized spacial score (nSPS) is 11.2. The highest BCUT2D eigenvalue weighted by Gasteiger charge is 2.15. The highest BCUT2D eigenvalue weighted by molar-refractivity contribution is 6.11. The first-order valence-corrected chi connectivity index (χ1v) is 11.9. The molecule has 0 aliphatic heterocycles. The molecule has 0 unspecified atom stereocenters. The molecule has 1 heterocycles. The zero-order valence-electron chi connectivity index (χ0n) is 20.0. The number of hydrogen-bond donors (Lipinski definition) is 3. The maximum atomic E-state index is 13.3. The van der Waals surface area contributed by atoms with Crippen molar-refractivity contribution >= 4 is 34.5 Å². The van der Waals surface area contributed by atoms with Crippen molar-refractivity contribution in [2.45, 2.75) is 6.61 Å². The van der Waals surface area contributed by atoms with Crippen LogP contribution in [0.4, 0.5) is 5.69 Å². The van der Waals surface area contributed by atoms with Crippen LogP contribution in [0.15, 0.2) is 121 Å². The van der Waals surface area contributed by atoms with Crippen LogP contribution in [0.5, 0.6) is 5.75 Å². The third-order valence-electron chi connectivity index (χ3n) is 5.78. The third kappa shape index (κ3) is 6.13. The van der Waals surface area contributed by atoms with E-state index >= 15 is 0 Å². The van der Waals surface area contributed by atoms with Gasteiger partial charge in [0.1, 0.15) is 18.1 Å². The highest BCUT2D eigenvalue weighted by atomic mass is 16.5. The first kappa shape index (κ1) is 23.6. The number of H-pyrrole nitrogens is 1. The topological polar surface area (TPSA) is 83.2 Å². The maximum Gasteiger partial charge on any atom is 0.272 e. The summed E-state index contributed by atoms with van der Waals surface area (Å²) in [6.07, 6.45) is 3.49. The fourth-order valence-corrected chi connectivity index (χ4v) is 3.83. The number of amides is 2. The Labute approximate surface area is 214 Å². The quantitative estimate of drug-likeness (QED) is 0.229. The molecule has 0 saturated carbocycles. The smallest absolute Gasteiger partial charge is 0.272 e. The van der Waals surface area contributed by atoms with Crippen molar-refractivity contribution in [3.63, 3.8) is 0 Å². The molecule has 0 atom stereocenters. The molecule has 4 aromatic carbocycles. The standard InChI is InChI=1S/C31H25N3O3/c35-30(25-9-5-2-6-10-25)34-29(31(36)33-26-14-13-24-17-18-32-28(24)20-26)19-22-11-15-27(16-12-22)37-21-23-7-3-1-4-8-23/h1-20,32H,21H2,(H,33,36)(H,34,35)/b29-19+. The lowest BCUT2D eigenvalue weighted by molar-refractivity contribution is -0.113. The summed E-state index contributed by atoms with van der Waals surface area (Å²) in [5, 5.41) is 6.69. The molecule has 0 aliphatic carbocycles. The molecule has 1 aromatic heterocycles. The molecule has 3 N–H and O–H groups in total.